The second-order valence-electron chi connectivity index (χ2n) is 5.17. The van der Waals surface area contributed by atoms with Crippen LogP contribution in [0.15, 0.2) is 66.7 Å². The van der Waals surface area contributed by atoms with E-state index >= 15 is 0 Å². The molecule has 0 saturated carbocycles. The molecule has 1 N–H and O–H groups in total. The normalized spacial score (nSPS) is 11.1. The Labute approximate surface area is 126 Å². The molecule has 22 heavy (non-hydrogen) atoms. The highest BCUT2D eigenvalue weighted by molar-refractivity contribution is 6.25. The maximum atomic E-state index is 10.8. The Kier molecular flexibility index (Phi) is 2.73. The second kappa shape index (κ2) is 4.74. The lowest BCUT2D eigenvalue weighted by atomic mass is 9.94. The molecule has 0 aromatic heterocycles. The average molecular weight is 288 g/mol. The van der Waals surface area contributed by atoms with Crippen molar-refractivity contribution in [3.63, 3.8) is 0 Å². The van der Waals surface area contributed by atoms with Crippen molar-refractivity contribution in [2.24, 2.45) is 0 Å². The summed E-state index contributed by atoms with van der Waals surface area (Å²) >= 11 is 0. The van der Waals surface area contributed by atoms with Crippen molar-refractivity contribution in [2.75, 3.05) is 0 Å². The topological polar surface area (TPSA) is 46.5 Å². The molecule has 0 saturated heterocycles. The average Bonchev–Trinajstić information content (AvgIpc) is 2.54. The SMILES string of the molecule is O=C(O)Oc1ccc2c3ccccc3c3ccccc3c2c1. The van der Waals surface area contributed by atoms with Gasteiger partial charge in [-0.15, -0.1) is 0 Å². The van der Waals surface area contributed by atoms with Crippen LogP contribution in [0.4, 0.5) is 4.79 Å². The van der Waals surface area contributed by atoms with Crippen molar-refractivity contribution in [1.82, 2.24) is 0 Å². The van der Waals surface area contributed by atoms with Crippen molar-refractivity contribution in [1.29, 1.82) is 0 Å². The maximum absolute atomic E-state index is 10.8. The van der Waals surface area contributed by atoms with Gasteiger partial charge in [-0.1, -0.05) is 54.6 Å². The van der Waals surface area contributed by atoms with Gasteiger partial charge in [0.25, 0.3) is 0 Å². The zero-order chi connectivity index (χ0) is 15.1. The molecule has 0 radical (unpaired) electrons. The van der Waals surface area contributed by atoms with Crippen molar-refractivity contribution in [2.45, 2.75) is 0 Å². The van der Waals surface area contributed by atoms with Crippen LogP contribution in [0, 0.1) is 0 Å². The van der Waals surface area contributed by atoms with E-state index in [9.17, 15) is 4.79 Å². The summed E-state index contributed by atoms with van der Waals surface area (Å²) in [6.45, 7) is 0. The summed E-state index contributed by atoms with van der Waals surface area (Å²) in [5.74, 6) is 0.334. The van der Waals surface area contributed by atoms with Crippen LogP contribution >= 0.6 is 0 Å². The third-order valence-electron chi connectivity index (χ3n) is 3.92. The number of hydrogen-bond donors (Lipinski definition) is 1. The van der Waals surface area contributed by atoms with Crippen molar-refractivity contribution in [3.8, 4) is 5.75 Å². The lowest BCUT2D eigenvalue weighted by molar-refractivity contribution is 0.144. The Balaban J connectivity index is 2.19. The number of benzene rings is 4. The third kappa shape index (κ3) is 1.87. The lowest BCUT2D eigenvalue weighted by Gasteiger charge is -2.11. The van der Waals surface area contributed by atoms with Gasteiger partial charge < -0.3 is 9.84 Å². The van der Waals surface area contributed by atoms with Crippen LogP contribution in [0.25, 0.3) is 32.3 Å². The highest BCUT2D eigenvalue weighted by Crippen LogP contribution is 2.36. The Morgan fingerprint density at radius 1 is 0.682 bits per heavy atom. The van der Waals surface area contributed by atoms with Gasteiger partial charge in [0.1, 0.15) is 5.75 Å². The minimum absolute atomic E-state index is 0.334. The van der Waals surface area contributed by atoms with Gasteiger partial charge >= 0.3 is 6.16 Å². The third-order valence-corrected chi connectivity index (χ3v) is 3.92. The van der Waals surface area contributed by atoms with Crippen molar-refractivity contribution < 1.29 is 14.6 Å². The number of ether oxygens (including phenoxy) is 1. The Bertz CT molecular complexity index is 999. The first-order valence-electron chi connectivity index (χ1n) is 6.98. The van der Waals surface area contributed by atoms with Gasteiger partial charge in [-0.2, -0.15) is 0 Å². The summed E-state index contributed by atoms with van der Waals surface area (Å²) in [6, 6.07) is 21.8. The molecule has 4 rings (SSSR count). The summed E-state index contributed by atoms with van der Waals surface area (Å²) < 4.78 is 4.80. The minimum atomic E-state index is -1.30. The fraction of sp³-hybridized carbons (Fsp3) is 0. The van der Waals surface area contributed by atoms with Crippen molar-refractivity contribution >= 4 is 38.5 Å². The van der Waals surface area contributed by atoms with Gasteiger partial charge in [0.05, 0.1) is 0 Å². The van der Waals surface area contributed by atoms with E-state index in [1.807, 2.05) is 30.3 Å². The number of fused-ring (bicyclic) bond motifs is 6. The quantitative estimate of drug-likeness (QED) is 0.297. The molecule has 0 bridgehead atoms. The first-order chi connectivity index (χ1) is 10.7. The van der Waals surface area contributed by atoms with Gasteiger partial charge in [-0.3, -0.25) is 0 Å². The zero-order valence-corrected chi connectivity index (χ0v) is 11.6. The number of carbonyl (C=O) groups is 1. The molecule has 0 amide bonds. The highest BCUT2D eigenvalue weighted by atomic mass is 16.7. The van der Waals surface area contributed by atoms with Gasteiger partial charge in [-0.25, -0.2) is 4.79 Å². The van der Waals surface area contributed by atoms with E-state index in [0.717, 1.165) is 26.9 Å². The van der Waals surface area contributed by atoms with Crippen LogP contribution in [0.1, 0.15) is 0 Å². The van der Waals surface area contributed by atoms with Gasteiger partial charge in [0.15, 0.2) is 0 Å². The molecule has 0 unspecified atom stereocenters. The Morgan fingerprint density at radius 2 is 1.14 bits per heavy atom. The summed E-state index contributed by atoms with van der Waals surface area (Å²) in [6.07, 6.45) is -1.30. The van der Waals surface area contributed by atoms with Gasteiger partial charge in [0, 0.05) is 0 Å². The van der Waals surface area contributed by atoms with Crippen LogP contribution in [0.3, 0.4) is 0 Å². The van der Waals surface area contributed by atoms with Gasteiger partial charge in [-0.05, 0) is 44.5 Å². The lowest BCUT2D eigenvalue weighted by Crippen LogP contribution is -2.02. The fourth-order valence-electron chi connectivity index (χ4n) is 3.05. The molecule has 0 aliphatic carbocycles. The summed E-state index contributed by atoms with van der Waals surface area (Å²) in [5, 5.41) is 15.5. The molecular formula is C19H12O3. The molecule has 0 spiro atoms. The summed E-state index contributed by atoms with van der Waals surface area (Å²) in [7, 11) is 0. The molecule has 0 aliphatic heterocycles. The summed E-state index contributed by atoms with van der Waals surface area (Å²) in [4.78, 5) is 10.8. The van der Waals surface area contributed by atoms with Crippen LogP contribution < -0.4 is 4.74 Å². The van der Waals surface area contributed by atoms with E-state index in [4.69, 9.17) is 9.84 Å². The first-order valence-corrected chi connectivity index (χ1v) is 6.98. The molecule has 3 heteroatoms. The van der Waals surface area contributed by atoms with E-state index in [2.05, 4.69) is 24.3 Å². The number of rotatable bonds is 1. The number of carboxylic acid groups (broad SMARTS) is 1. The monoisotopic (exact) mass is 288 g/mol. The largest absolute Gasteiger partial charge is 0.511 e. The van der Waals surface area contributed by atoms with E-state index in [1.165, 1.54) is 5.39 Å². The predicted octanol–water partition coefficient (Wildman–Crippen LogP) is 5.20. The first kappa shape index (κ1) is 12.7. The van der Waals surface area contributed by atoms with Crippen LogP contribution in [0.2, 0.25) is 0 Å². The molecule has 0 fully saturated rings. The minimum Gasteiger partial charge on any atom is -0.449 e. The zero-order valence-electron chi connectivity index (χ0n) is 11.6. The number of hydrogen-bond acceptors (Lipinski definition) is 2. The molecule has 3 nitrogen and oxygen atoms in total. The smallest absolute Gasteiger partial charge is 0.449 e. The highest BCUT2D eigenvalue weighted by Gasteiger charge is 2.09. The van der Waals surface area contributed by atoms with Crippen LogP contribution in [0.5, 0.6) is 5.75 Å². The Morgan fingerprint density at radius 3 is 1.64 bits per heavy atom. The van der Waals surface area contributed by atoms with E-state index in [0.29, 0.717) is 5.75 Å². The molecule has 0 aliphatic rings. The molecule has 0 atom stereocenters. The Hall–Kier alpha value is -3.07. The van der Waals surface area contributed by atoms with Gasteiger partial charge in [0.2, 0.25) is 0 Å². The molecule has 4 aromatic rings. The standard InChI is InChI=1S/C19H12O3/c20-19(21)22-12-9-10-17-15-7-2-1-5-13(15)14-6-3-4-8-16(14)18(17)11-12/h1-11H,(H,20,21). The fourth-order valence-corrected chi connectivity index (χ4v) is 3.05. The molecule has 4 aromatic carbocycles. The van der Waals surface area contributed by atoms with Crippen LogP contribution in [-0.2, 0) is 0 Å². The molecule has 106 valence electrons. The van der Waals surface area contributed by atoms with E-state index < -0.39 is 6.16 Å². The molecule has 0 heterocycles. The van der Waals surface area contributed by atoms with Crippen molar-refractivity contribution in [3.05, 3.63) is 66.7 Å². The predicted molar refractivity (Wildman–Crippen MR) is 87.6 cm³/mol. The second-order valence-corrected chi connectivity index (χ2v) is 5.17. The molecular weight excluding hydrogens is 276 g/mol. The van der Waals surface area contributed by atoms with E-state index in [1.54, 1.807) is 12.1 Å². The summed E-state index contributed by atoms with van der Waals surface area (Å²) in [5.41, 5.74) is 0. The van der Waals surface area contributed by atoms with Crippen LogP contribution in [-0.4, -0.2) is 11.3 Å². The maximum Gasteiger partial charge on any atom is 0.511 e. The van der Waals surface area contributed by atoms with E-state index in [-0.39, 0.29) is 0 Å².